The second-order valence-electron chi connectivity index (χ2n) is 6.67. The van der Waals surface area contributed by atoms with Gasteiger partial charge >= 0.3 is 5.69 Å². The first-order valence-electron chi connectivity index (χ1n) is 8.99. The molecule has 3 rings (SSSR count). The quantitative estimate of drug-likeness (QED) is 0.576. The van der Waals surface area contributed by atoms with E-state index in [1.165, 1.54) is 22.1 Å². The Labute approximate surface area is 157 Å². The number of aryl methyl sites for hydroxylation is 1. The third-order valence-corrected chi connectivity index (χ3v) is 4.63. The number of anilines is 1. The van der Waals surface area contributed by atoms with Crippen LogP contribution in [0.2, 0.25) is 0 Å². The predicted octanol–water partition coefficient (Wildman–Crippen LogP) is 1.04. The summed E-state index contributed by atoms with van der Waals surface area (Å²) in [4.78, 5) is 26.7. The molecule has 1 aliphatic rings. The highest BCUT2D eigenvalue weighted by Crippen LogP contribution is 2.17. The van der Waals surface area contributed by atoms with Gasteiger partial charge in [-0.25, -0.2) is 0 Å². The van der Waals surface area contributed by atoms with E-state index in [9.17, 15) is 14.9 Å². The van der Waals surface area contributed by atoms with Gasteiger partial charge in [0.2, 0.25) is 5.91 Å². The van der Waals surface area contributed by atoms with Crippen molar-refractivity contribution >= 4 is 17.3 Å². The van der Waals surface area contributed by atoms with E-state index in [4.69, 9.17) is 0 Å². The van der Waals surface area contributed by atoms with Crippen LogP contribution in [-0.2, 0) is 11.3 Å². The average Bonchev–Trinajstić information content (AvgIpc) is 3.11. The summed E-state index contributed by atoms with van der Waals surface area (Å²) in [5.74, 6) is -0.202. The fraction of sp³-hybridized carbons (Fsp3) is 0.444. The molecule has 9 nitrogen and oxygen atoms in total. The van der Waals surface area contributed by atoms with Crippen molar-refractivity contribution in [1.82, 2.24) is 20.0 Å². The number of piperazine rings is 1. The fourth-order valence-electron chi connectivity index (χ4n) is 3.14. The zero-order chi connectivity index (χ0) is 19.2. The molecule has 0 saturated carbocycles. The molecule has 1 saturated heterocycles. The molecule has 0 atom stereocenters. The smallest absolute Gasteiger partial charge is 0.307 e. The Balaban J connectivity index is 1.36. The molecular formula is C18H24N6O3. The highest BCUT2D eigenvalue weighted by Gasteiger charge is 2.17. The van der Waals surface area contributed by atoms with Gasteiger partial charge in [0.25, 0.3) is 0 Å². The number of rotatable bonds is 7. The minimum absolute atomic E-state index is 0.0189. The van der Waals surface area contributed by atoms with Crippen LogP contribution in [0.15, 0.2) is 36.7 Å². The van der Waals surface area contributed by atoms with Crippen LogP contribution < -0.4 is 10.2 Å². The van der Waals surface area contributed by atoms with Gasteiger partial charge in [-0.15, -0.1) is 0 Å². The van der Waals surface area contributed by atoms with Gasteiger partial charge in [-0.05, 0) is 24.6 Å². The van der Waals surface area contributed by atoms with E-state index in [0.717, 1.165) is 38.9 Å². The SMILES string of the molecule is Cc1cccc(N2CCN(CCNC(=O)Cn3cc([N+](=O)[O-])cn3)CC2)c1. The molecule has 1 N–H and O–H groups in total. The summed E-state index contributed by atoms with van der Waals surface area (Å²) < 4.78 is 1.27. The molecule has 9 heteroatoms. The van der Waals surface area contributed by atoms with E-state index in [1.807, 2.05) is 0 Å². The summed E-state index contributed by atoms with van der Waals surface area (Å²) in [7, 11) is 0. The topological polar surface area (TPSA) is 96.5 Å². The molecule has 1 amide bonds. The number of nitrogens with one attached hydrogen (secondary N) is 1. The minimum atomic E-state index is -0.530. The Morgan fingerprint density at radius 3 is 2.74 bits per heavy atom. The van der Waals surface area contributed by atoms with Gasteiger partial charge < -0.3 is 10.2 Å². The summed E-state index contributed by atoms with van der Waals surface area (Å²) in [5.41, 5.74) is 2.41. The molecule has 2 aromatic rings. The van der Waals surface area contributed by atoms with E-state index in [-0.39, 0.29) is 18.1 Å². The molecule has 1 aromatic carbocycles. The normalized spacial score (nSPS) is 14.9. The van der Waals surface area contributed by atoms with Crippen molar-refractivity contribution in [1.29, 1.82) is 0 Å². The van der Waals surface area contributed by atoms with Gasteiger partial charge in [0.05, 0.1) is 4.92 Å². The van der Waals surface area contributed by atoms with Crippen LogP contribution in [-0.4, -0.2) is 64.8 Å². The zero-order valence-electron chi connectivity index (χ0n) is 15.4. The Kier molecular flexibility index (Phi) is 6.02. The summed E-state index contributed by atoms with van der Waals surface area (Å²) in [6, 6.07) is 8.53. The van der Waals surface area contributed by atoms with Gasteiger partial charge in [-0.2, -0.15) is 5.10 Å². The highest BCUT2D eigenvalue weighted by molar-refractivity contribution is 5.75. The molecule has 0 spiro atoms. The Hall–Kier alpha value is -2.94. The Morgan fingerprint density at radius 1 is 1.30 bits per heavy atom. The van der Waals surface area contributed by atoms with Crippen LogP contribution in [0, 0.1) is 17.0 Å². The van der Waals surface area contributed by atoms with Gasteiger partial charge in [0.1, 0.15) is 18.9 Å². The lowest BCUT2D eigenvalue weighted by Crippen LogP contribution is -2.48. The number of carbonyl (C=O) groups excluding carboxylic acids is 1. The van der Waals surface area contributed by atoms with Crippen molar-refractivity contribution in [2.24, 2.45) is 0 Å². The molecule has 0 radical (unpaired) electrons. The number of aromatic nitrogens is 2. The second kappa shape index (κ2) is 8.63. The van der Waals surface area contributed by atoms with Crippen LogP contribution in [0.1, 0.15) is 5.56 Å². The molecule has 0 unspecified atom stereocenters. The maximum Gasteiger partial charge on any atom is 0.307 e. The van der Waals surface area contributed by atoms with Crippen molar-refractivity contribution in [2.45, 2.75) is 13.5 Å². The standard InChI is InChI=1S/C18H24N6O3/c1-15-3-2-4-16(11-15)22-9-7-21(8-10-22)6-5-19-18(25)14-23-13-17(12-20-23)24(26)27/h2-4,11-13H,5-10,14H2,1H3,(H,19,25). The van der Waals surface area contributed by atoms with Gasteiger partial charge in [-0.1, -0.05) is 12.1 Å². The number of nitrogens with zero attached hydrogens (tertiary/aromatic N) is 5. The van der Waals surface area contributed by atoms with E-state index >= 15 is 0 Å². The molecule has 1 aromatic heterocycles. The van der Waals surface area contributed by atoms with Crippen LogP contribution in [0.3, 0.4) is 0 Å². The summed E-state index contributed by atoms with van der Waals surface area (Å²) in [5, 5.41) is 17.3. The summed E-state index contributed by atoms with van der Waals surface area (Å²) in [6.45, 7) is 7.26. The number of carbonyl (C=O) groups is 1. The molecule has 144 valence electrons. The largest absolute Gasteiger partial charge is 0.369 e. The highest BCUT2D eigenvalue weighted by atomic mass is 16.6. The van der Waals surface area contributed by atoms with Gasteiger partial charge in [0, 0.05) is 45.0 Å². The lowest BCUT2D eigenvalue weighted by molar-refractivity contribution is -0.385. The van der Waals surface area contributed by atoms with Crippen LogP contribution in [0.4, 0.5) is 11.4 Å². The summed E-state index contributed by atoms with van der Waals surface area (Å²) >= 11 is 0. The van der Waals surface area contributed by atoms with Crippen molar-refractivity contribution in [3.8, 4) is 0 Å². The predicted molar refractivity (Wildman–Crippen MR) is 102 cm³/mol. The van der Waals surface area contributed by atoms with Gasteiger partial charge in [0.15, 0.2) is 0 Å². The van der Waals surface area contributed by atoms with Crippen LogP contribution in [0.5, 0.6) is 0 Å². The third-order valence-electron chi connectivity index (χ3n) is 4.63. The van der Waals surface area contributed by atoms with Crippen molar-refractivity contribution in [3.05, 3.63) is 52.3 Å². The molecule has 1 fully saturated rings. The van der Waals surface area contributed by atoms with E-state index in [0.29, 0.717) is 6.54 Å². The first-order chi connectivity index (χ1) is 13.0. The first-order valence-corrected chi connectivity index (χ1v) is 8.99. The van der Waals surface area contributed by atoms with Crippen molar-refractivity contribution < 1.29 is 9.72 Å². The van der Waals surface area contributed by atoms with Gasteiger partial charge in [-0.3, -0.25) is 24.5 Å². The maximum atomic E-state index is 11.9. The molecule has 1 aliphatic heterocycles. The number of hydrogen-bond acceptors (Lipinski definition) is 6. The number of nitro groups is 1. The Morgan fingerprint density at radius 2 is 2.07 bits per heavy atom. The second-order valence-corrected chi connectivity index (χ2v) is 6.67. The maximum absolute atomic E-state index is 11.9. The summed E-state index contributed by atoms with van der Waals surface area (Å²) in [6.07, 6.45) is 2.39. The number of benzene rings is 1. The van der Waals surface area contributed by atoms with Crippen LogP contribution >= 0.6 is 0 Å². The van der Waals surface area contributed by atoms with E-state index in [2.05, 4.69) is 51.4 Å². The molecule has 2 heterocycles. The van der Waals surface area contributed by atoms with E-state index in [1.54, 1.807) is 0 Å². The lowest BCUT2D eigenvalue weighted by Gasteiger charge is -2.36. The van der Waals surface area contributed by atoms with E-state index < -0.39 is 4.92 Å². The Bertz CT molecular complexity index is 798. The average molecular weight is 372 g/mol. The molecule has 0 bridgehead atoms. The first kappa shape index (κ1) is 18.8. The third kappa shape index (κ3) is 5.27. The zero-order valence-corrected chi connectivity index (χ0v) is 15.4. The molecular weight excluding hydrogens is 348 g/mol. The molecule has 0 aliphatic carbocycles. The lowest BCUT2D eigenvalue weighted by atomic mass is 10.2. The van der Waals surface area contributed by atoms with Crippen LogP contribution in [0.25, 0.3) is 0 Å². The van der Waals surface area contributed by atoms with Crippen molar-refractivity contribution in [3.63, 3.8) is 0 Å². The monoisotopic (exact) mass is 372 g/mol. The minimum Gasteiger partial charge on any atom is -0.369 e. The number of amides is 1. The molecule has 27 heavy (non-hydrogen) atoms. The van der Waals surface area contributed by atoms with Crippen molar-refractivity contribution in [2.75, 3.05) is 44.2 Å². The number of hydrogen-bond donors (Lipinski definition) is 1. The fourth-order valence-corrected chi connectivity index (χ4v) is 3.14.